The molecule has 2 aliphatic rings. The Labute approximate surface area is 102 Å². The molecule has 2 aliphatic heterocycles. The van der Waals surface area contributed by atoms with Gasteiger partial charge in [-0.15, -0.1) is 0 Å². The molecule has 6 heteroatoms. The van der Waals surface area contributed by atoms with Crippen LogP contribution in [0.2, 0.25) is 0 Å². The standard InChI is InChI=1S/C10H20N4OS/c16-10-11-8-14(9-12-10)3-1-2-13-4-6-15-7-5-13/h1-9H2,(H2,11,12,16). The monoisotopic (exact) mass is 244 g/mol. The average molecular weight is 244 g/mol. The van der Waals surface area contributed by atoms with Crippen molar-refractivity contribution in [3.8, 4) is 0 Å². The van der Waals surface area contributed by atoms with E-state index in [1.54, 1.807) is 0 Å². The maximum atomic E-state index is 5.32. The number of thiocarbonyl (C=S) groups is 1. The Kier molecular flexibility index (Phi) is 4.77. The number of rotatable bonds is 4. The zero-order chi connectivity index (χ0) is 11.2. The minimum Gasteiger partial charge on any atom is -0.379 e. The number of morpholine rings is 1. The highest BCUT2D eigenvalue weighted by atomic mass is 32.1. The van der Waals surface area contributed by atoms with Crippen LogP contribution >= 0.6 is 12.2 Å². The van der Waals surface area contributed by atoms with Gasteiger partial charge in [-0.05, 0) is 25.2 Å². The summed E-state index contributed by atoms with van der Waals surface area (Å²) in [6.07, 6.45) is 1.20. The lowest BCUT2D eigenvalue weighted by Crippen LogP contribution is -2.54. The van der Waals surface area contributed by atoms with Gasteiger partial charge in [-0.3, -0.25) is 9.80 Å². The average Bonchev–Trinajstić information content (AvgIpc) is 2.33. The van der Waals surface area contributed by atoms with Crippen molar-refractivity contribution in [3.63, 3.8) is 0 Å². The number of nitrogens with one attached hydrogen (secondary N) is 2. The van der Waals surface area contributed by atoms with E-state index in [1.165, 1.54) is 13.0 Å². The van der Waals surface area contributed by atoms with E-state index in [2.05, 4.69) is 20.4 Å². The van der Waals surface area contributed by atoms with Gasteiger partial charge in [0.25, 0.3) is 0 Å². The van der Waals surface area contributed by atoms with E-state index in [9.17, 15) is 0 Å². The Bertz CT molecular complexity index is 223. The topological polar surface area (TPSA) is 39.8 Å². The van der Waals surface area contributed by atoms with Crippen molar-refractivity contribution in [2.45, 2.75) is 6.42 Å². The van der Waals surface area contributed by atoms with Crippen LogP contribution in [0.3, 0.4) is 0 Å². The molecule has 0 atom stereocenters. The molecule has 0 aromatic rings. The predicted molar refractivity (Wildman–Crippen MR) is 67.2 cm³/mol. The summed E-state index contributed by atoms with van der Waals surface area (Å²) in [6, 6.07) is 0. The molecule has 92 valence electrons. The Morgan fingerprint density at radius 3 is 2.38 bits per heavy atom. The fourth-order valence-electron chi connectivity index (χ4n) is 1.99. The lowest BCUT2D eigenvalue weighted by atomic mass is 10.3. The van der Waals surface area contributed by atoms with Crippen LogP contribution in [-0.2, 0) is 4.74 Å². The van der Waals surface area contributed by atoms with Crippen LogP contribution < -0.4 is 10.6 Å². The number of nitrogens with zero attached hydrogens (tertiary/aromatic N) is 2. The SMILES string of the molecule is S=C1NCN(CCCN2CCOCC2)CN1. The summed E-state index contributed by atoms with van der Waals surface area (Å²) >= 11 is 5.00. The van der Waals surface area contributed by atoms with Gasteiger partial charge < -0.3 is 15.4 Å². The van der Waals surface area contributed by atoms with Crippen LogP contribution in [0.4, 0.5) is 0 Å². The quantitative estimate of drug-likeness (QED) is 0.644. The number of hydrogen-bond acceptors (Lipinski definition) is 4. The van der Waals surface area contributed by atoms with Crippen molar-refractivity contribution in [1.29, 1.82) is 0 Å². The molecule has 2 rings (SSSR count). The maximum absolute atomic E-state index is 5.32. The van der Waals surface area contributed by atoms with Gasteiger partial charge in [0.1, 0.15) is 0 Å². The van der Waals surface area contributed by atoms with E-state index < -0.39 is 0 Å². The van der Waals surface area contributed by atoms with Crippen LogP contribution in [-0.4, -0.2) is 67.6 Å². The molecule has 2 saturated heterocycles. The molecular formula is C10H20N4OS. The predicted octanol–water partition coefficient (Wildman–Crippen LogP) is -0.597. The van der Waals surface area contributed by atoms with E-state index in [0.717, 1.165) is 51.3 Å². The number of ether oxygens (including phenoxy) is 1. The summed E-state index contributed by atoms with van der Waals surface area (Å²) in [4.78, 5) is 4.80. The highest BCUT2D eigenvalue weighted by Crippen LogP contribution is 1.99. The van der Waals surface area contributed by atoms with E-state index in [0.29, 0.717) is 0 Å². The zero-order valence-electron chi connectivity index (χ0n) is 9.57. The highest BCUT2D eigenvalue weighted by Gasteiger charge is 2.13. The Balaban J connectivity index is 1.55. The van der Waals surface area contributed by atoms with Gasteiger partial charge in [0.15, 0.2) is 5.11 Å². The molecule has 0 aromatic carbocycles. The molecule has 0 amide bonds. The molecule has 0 radical (unpaired) electrons. The molecule has 0 spiro atoms. The van der Waals surface area contributed by atoms with Crippen LogP contribution in [0.15, 0.2) is 0 Å². The van der Waals surface area contributed by atoms with Gasteiger partial charge in [-0.25, -0.2) is 0 Å². The molecule has 0 aromatic heterocycles. The summed E-state index contributed by atoms with van der Waals surface area (Å²) in [5.74, 6) is 0. The summed E-state index contributed by atoms with van der Waals surface area (Å²) in [5.41, 5.74) is 0. The van der Waals surface area contributed by atoms with Crippen molar-refractivity contribution in [3.05, 3.63) is 0 Å². The van der Waals surface area contributed by atoms with Crippen molar-refractivity contribution in [1.82, 2.24) is 20.4 Å². The first-order chi connectivity index (χ1) is 7.84. The Morgan fingerprint density at radius 2 is 1.69 bits per heavy atom. The van der Waals surface area contributed by atoms with Crippen molar-refractivity contribution < 1.29 is 4.74 Å². The van der Waals surface area contributed by atoms with Gasteiger partial charge in [-0.1, -0.05) is 0 Å². The lowest BCUT2D eigenvalue weighted by molar-refractivity contribution is 0.0359. The van der Waals surface area contributed by atoms with Crippen molar-refractivity contribution in [2.75, 3.05) is 52.7 Å². The first-order valence-electron chi connectivity index (χ1n) is 5.89. The minimum absolute atomic E-state index is 0.768. The zero-order valence-corrected chi connectivity index (χ0v) is 10.4. The van der Waals surface area contributed by atoms with E-state index in [-0.39, 0.29) is 0 Å². The van der Waals surface area contributed by atoms with Crippen molar-refractivity contribution in [2.24, 2.45) is 0 Å². The molecule has 2 heterocycles. The minimum atomic E-state index is 0.768. The molecule has 2 fully saturated rings. The third-order valence-corrected chi connectivity index (χ3v) is 3.27. The second kappa shape index (κ2) is 6.34. The van der Waals surface area contributed by atoms with E-state index in [4.69, 9.17) is 17.0 Å². The van der Waals surface area contributed by atoms with Gasteiger partial charge >= 0.3 is 0 Å². The fraction of sp³-hybridized carbons (Fsp3) is 0.900. The van der Waals surface area contributed by atoms with Crippen LogP contribution in [0, 0.1) is 0 Å². The summed E-state index contributed by atoms with van der Waals surface area (Å²) < 4.78 is 5.32. The number of hydrogen-bond donors (Lipinski definition) is 2. The third kappa shape index (κ3) is 3.86. The van der Waals surface area contributed by atoms with Crippen LogP contribution in [0.5, 0.6) is 0 Å². The molecule has 0 bridgehead atoms. The first kappa shape index (κ1) is 12.0. The normalized spacial score (nSPS) is 23.9. The molecule has 0 unspecified atom stereocenters. The molecular weight excluding hydrogens is 224 g/mol. The highest BCUT2D eigenvalue weighted by molar-refractivity contribution is 7.80. The van der Waals surface area contributed by atoms with Gasteiger partial charge in [0, 0.05) is 19.6 Å². The van der Waals surface area contributed by atoms with E-state index in [1.807, 2.05) is 0 Å². The van der Waals surface area contributed by atoms with E-state index >= 15 is 0 Å². The third-order valence-electron chi connectivity index (χ3n) is 2.98. The molecule has 5 nitrogen and oxygen atoms in total. The smallest absolute Gasteiger partial charge is 0.168 e. The fourth-order valence-corrected chi connectivity index (χ4v) is 2.12. The second-order valence-electron chi connectivity index (χ2n) is 4.20. The Morgan fingerprint density at radius 1 is 1.06 bits per heavy atom. The molecule has 16 heavy (non-hydrogen) atoms. The van der Waals surface area contributed by atoms with Gasteiger partial charge in [-0.2, -0.15) is 0 Å². The van der Waals surface area contributed by atoms with Gasteiger partial charge in [0.2, 0.25) is 0 Å². The maximum Gasteiger partial charge on any atom is 0.168 e. The summed E-state index contributed by atoms with van der Waals surface area (Å²) in [7, 11) is 0. The van der Waals surface area contributed by atoms with Crippen LogP contribution in [0.1, 0.15) is 6.42 Å². The first-order valence-corrected chi connectivity index (χ1v) is 6.29. The summed E-state index contributed by atoms with van der Waals surface area (Å²) in [5, 5.41) is 7.03. The lowest BCUT2D eigenvalue weighted by Gasteiger charge is -2.31. The Hall–Kier alpha value is -0.430. The molecule has 0 saturated carbocycles. The van der Waals surface area contributed by atoms with Crippen molar-refractivity contribution >= 4 is 17.3 Å². The molecule has 0 aliphatic carbocycles. The van der Waals surface area contributed by atoms with Gasteiger partial charge in [0.05, 0.1) is 26.6 Å². The second-order valence-corrected chi connectivity index (χ2v) is 4.61. The molecule has 2 N–H and O–H groups in total. The van der Waals surface area contributed by atoms with Crippen LogP contribution in [0.25, 0.3) is 0 Å². The largest absolute Gasteiger partial charge is 0.379 e. The summed E-state index contributed by atoms with van der Waals surface area (Å²) in [6.45, 7) is 7.97.